The van der Waals surface area contributed by atoms with E-state index in [2.05, 4.69) is 26.8 Å². The van der Waals surface area contributed by atoms with Gasteiger partial charge in [-0.05, 0) is 17.9 Å². The summed E-state index contributed by atoms with van der Waals surface area (Å²) in [4.78, 5) is 10.7. The van der Waals surface area contributed by atoms with Gasteiger partial charge in [-0.1, -0.05) is 26.8 Å². The van der Waals surface area contributed by atoms with Gasteiger partial charge in [0, 0.05) is 12.8 Å². The zero-order valence-corrected chi connectivity index (χ0v) is 8.76. The minimum absolute atomic E-state index is 0.0354. The van der Waals surface area contributed by atoms with Gasteiger partial charge in [0.15, 0.2) is 0 Å². The van der Waals surface area contributed by atoms with Gasteiger partial charge in [-0.3, -0.25) is 4.79 Å². The monoisotopic (exact) mass is 181 g/mol. The van der Waals surface area contributed by atoms with Gasteiger partial charge in [0.25, 0.3) is 0 Å². The van der Waals surface area contributed by atoms with E-state index in [0.29, 0.717) is 0 Å². The summed E-state index contributed by atoms with van der Waals surface area (Å²) in [5.41, 5.74) is 0.186. The number of rotatable bonds is 1. The van der Waals surface area contributed by atoms with Gasteiger partial charge >= 0.3 is 5.97 Å². The maximum atomic E-state index is 10.7. The summed E-state index contributed by atoms with van der Waals surface area (Å²) in [6.45, 7) is 7.96. The number of carbonyl (C=O) groups is 1. The molecule has 0 amide bonds. The van der Waals surface area contributed by atoms with Crippen LogP contribution in [0.4, 0.5) is 0 Å². The Labute approximate surface area is 80.0 Å². The Morgan fingerprint density at radius 2 is 2.15 bits per heavy atom. The van der Waals surface area contributed by atoms with E-state index in [1.807, 2.05) is 6.08 Å². The highest BCUT2D eigenvalue weighted by Gasteiger charge is 2.30. The lowest BCUT2D eigenvalue weighted by Gasteiger charge is -2.25. The van der Waals surface area contributed by atoms with Crippen LogP contribution < -0.4 is 0 Å². The lowest BCUT2D eigenvalue weighted by atomic mass is 9.80. The molecule has 0 aromatic heterocycles. The van der Waals surface area contributed by atoms with Crippen molar-refractivity contribution in [2.75, 3.05) is 0 Å². The zero-order chi connectivity index (χ0) is 10.1. The van der Waals surface area contributed by atoms with Crippen LogP contribution >= 0.6 is 0 Å². The quantitative estimate of drug-likeness (QED) is 0.581. The second-order valence-electron chi connectivity index (χ2n) is 4.49. The van der Waals surface area contributed by atoms with E-state index in [4.69, 9.17) is 4.74 Å². The van der Waals surface area contributed by atoms with Gasteiger partial charge < -0.3 is 4.74 Å². The Kier molecular flexibility index (Phi) is 2.79. The minimum atomic E-state index is -0.204. The molecule has 0 heterocycles. The first-order valence-electron chi connectivity index (χ1n) is 4.61. The van der Waals surface area contributed by atoms with Crippen molar-refractivity contribution in [3.05, 3.63) is 18.1 Å². The van der Waals surface area contributed by atoms with Crippen LogP contribution in [0, 0.1) is 11.3 Å². The molecular weight excluding hydrogens is 164 g/mol. The van der Waals surface area contributed by atoms with Crippen LogP contribution in [-0.2, 0) is 9.53 Å². The molecule has 2 nitrogen and oxygen atoms in total. The average Bonchev–Trinajstić information content (AvgIpc) is 2.32. The summed E-state index contributed by atoms with van der Waals surface area (Å²) in [5, 5.41) is 0. The average molecular weight is 181 g/mol. The summed E-state index contributed by atoms with van der Waals surface area (Å²) in [7, 11) is 0. The van der Waals surface area contributed by atoms with Gasteiger partial charge in [-0.15, -0.1) is 0 Å². The molecule has 1 rings (SSSR count). The maximum Gasteiger partial charge on any atom is 0.303 e. The van der Waals surface area contributed by atoms with E-state index < -0.39 is 0 Å². The molecule has 73 valence electrons. The standard InChI is InChI=1S/C11H17O2/c1-8(12)13-10-6-5-9(7-10)11(2,3)4/h5-6,10H,7H2,1-4H3/t10-/m1/s1. The van der Waals surface area contributed by atoms with Crippen molar-refractivity contribution in [2.45, 2.75) is 40.2 Å². The molecule has 1 atom stereocenters. The van der Waals surface area contributed by atoms with Crippen molar-refractivity contribution in [3.8, 4) is 0 Å². The molecular formula is C11H17O2. The third-order valence-electron chi connectivity index (χ3n) is 2.21. The molecule has 0 aliphatic heterocycles. The Balaban J connectivity index is 2.47. The highest BCUT2D eigenvalue weighted by molar-refractivity contribution is 5.66. The van der Waals surface area contributed by atoms with Crippen LogP contribution in [0.3, 0.4) is 0 Å². The number of hydrogen-bond donors (Lipinski definition) is 0. The number of hydrogen-bond acceptors (Lipinski definition) is 2. The Morgan fingerprint density at radius 3 is 2.54 bits per heavy atom. The summed E-state index contributed by atoms with van der Waals surface area (Å²) in [6.07, 6.45) is 4.85. The molecule has 0 saturated carbocycles. The first-order chi connectivity index (χ1) is 5.89. The molecule has 0 aromatic rings. The second kappa shape index (κ2) is 3.52. The summed E-state index contributed by atoms with van der Waals surface area (Å²) in [5.74, 6) is 1.14. The van der Waals surface area contributed by atoms with Crippen molar-refractivity contribution in [1.82, 2.24) is 0 Å². The molecule has 0 unspecified atom stereocenters. The van der Waals surface area contributed by atoms with E-state index >= 15 is 0 Å². The summed E-state index contributed by atoms with van der Waals surface area (Å²) in [6, 6.07) is 0. The molecule has 0 aromatic carbocycles. The minimum Gasteiger partial charge on any atom is -0.458 e. The highest BCUT2D eigenvalue weighted by atomic mass is 16.5. The van der Waals surface area contributed by atoms with E-state index in [1.165, 1.54) is 12.8 Å². The Bertz CT molecular complexity index is 223. The summed E-state index contributed by atoms with van der Waals surface area (Å²) >= 11 is 0. The predicted octanol–water partition coefficient (Wildman–Crippen LogP) is 2.50. The SMILES string of the molecule is CC(=O)O[C@@H]1C=C[C](C(C)(C)C)C1. The third-order valence-corrected chi connectivity index (χ3v) is 2.21. The molecule has 0 N–H and O–H groups in total. The van der Waals surface area contributed by atoms with Crippen molar-refractivity contribution in [2.24, 2.45) is 5.41 Å². The highest BCUT2D eigenvalue weighted by Crippen LogP contribution is 2.37. The van der Waals surface area contributed by atoms with Gasteiger partial charge in [0.05, 0.1) is 0 Å². The van der Waals surface area contributed by atoms with Crippen molar-refractivity contribution < 1.29 is 9.53 Å². The van der Waals surface area contributed by atoms with Gasteiger partial charge in [0.1, 0.15) is 6.10 Å². The lowest BCUT2D eigenvalue weighted by molar-refractivity contribution is -0.144. The van der Waals surface area contributed by atoms with Gasteiger partial charge in [-0.2, -0.15) is 0 Å². The fraction of sp³-hybridized carbons (Fsp3) is 0.636. The van der Waals surface area contributed by atoms with E-state index in [-0.39, 0.29) is 17.5 Å². The topological polar surface area (TPSA) is 26.3 Å². The van der Waals surface area contributed by atoms with Crippen LogP contribution in [0.2, 0.25) is 0 Å². The van der Waals surface area contributed by atoms with Crippen LogP contribution in [0.1, 0.15) is 34.1 Å². The van der Waals surface area contributed by atoms with Crippen molar-refractivity contribution in [3.63, 3.8) is 0 Å². The maximum absolute atomic E-state index is 10.7. The normalized spacial score (nSPS) is 23.5. The van der Waals surface area contributed by atoms with Crippen molar-refractivity contribution >= 4 is 5.97 Å². The van der Waals surface area contributed by atoms with Gasteiger partial charge in [0.2, 0.25) is 0 Å². The number of allylic oxidation sites excluding steroid dienone is 1. The second-order valence-corrected chi connectivity index (χ2v) is 4.49. The van der Waals surface area contributed by atoms with E-state index in [1.54, 1.807) is 0 Å². The van der Waals surface area contributed by atoms with Crippen LogP contribution in [-0.4, -0.2) is 12.1 Å². The largest absolute Gasteiger partial charge is 0.458 e. The van der Waals surface area contributed by atoms with Crippen LogP contribution in [0.25, 0.3) is 0 Å². The molecule has 0 saturated heterocycles. The molecule has 2 heteroatoms. The van der Waals surface area contributed by atoms with Crippen molar-refractivity contribution in [1.29, 1.82) is 0 Å². The first kappa shape index (κ1) is 10.3. The number of carbonyl (C=O) groups excluding carboxylic acids is 1. The Hall–Kier alpha value is -0.790. The first-order valence-corrected chi connectivity index (χ1v) is 4.61. The molecule has 13 heavy (non-hydrogen) atoms. The molecule has 0 fully saturated rings. The molecule has 1 aliphatic rings. The third kappa shape index (κ3) is 2.87. The van der Waals surface area contributed by atoms with E-state index in [9.17, 15) is 4.79 Å². The predicted molar refractivity (Wildman–Crippen MR) is 52.0 cm³/mol. The zero-order valence-electron chi connectivity index (χ0n) is 8.76. The fourth-order valence-electron chi connectivity index (χ4n) is 1.43. The lowest BCUT2D eigenvalue weighted by Crippen LogP contribution is -2.19. The smallest absolute Gasteiger partial charge is 0.303 e. The van der Waals surface area contributed by atoms with Crippen LogP contribution in [0.15, 0.2) is 12.2 Å². The molecule has 1 aliphatic carbocycles. The Morgan fingerprint density at radius 1 is 1.54 bits per heavy atom. The summed E-state index contributed by atoms with van der Waals surface area (Å²) < 4.78 is 5.09. The number of esters is 1. The molecule has 1 radical (unpaired) electrons. The van der Waals surface area contributed by atoms with Crippen LogP contribution in [0.5, 0.6) is 0 Å². The number of ether oxygens (including phenoxy) is 1. The fourth-order valence-corrected chi connectivity index (χ4v) is 1.43. The van der Waals surface area contributed by atoms with E-state index in [0.717, 1.165) is 6.42 Å². The molecule has 0 bridgehead atoms. The van der Waals surface area contributed by atoms with Gasteiger partial charge in [-0.25, -0.2) is 0 Å². The molecule has 0 spiro atoms.